The van der Waals surface area contributed by atoms with Gasteiger partial charge in [-0.15, -0.1) is 0 Å². The Morgan fingerprint density at radius 1 is 1.33 bits per heavy atom. The number of amides is 1. The van der Waals surface area contributed by atoms with E-state index in [1.54, 1.807) is 32.2 Å². The van der Waals surface area contributed by atoms with Crippen LogP contribution in [0.15, 0.2) is 27.6 Å². The summed E-state index contributed by atoms with van der Waals surface area (Å²) in [5.41, 5.74) is 1.26. The first kappa shape index (κ1) is 19.5. The Bertz CT molecular complexity index is 931. The molecule has 0 unspecified atom stereocenters. The highest BCUT2D eigenvalue weighted by molar-refractivity contribution is 7.89. The molecule has 27 heavy (non-hydrogen) atoms. The van der Waals surface area contributed by atoms with Gasteiger partial charge in [0.2, 0.25) is 27.6 Å². The van der Waals surface area contributed by atoms with Crippen LogP contribution in [-0.2, 0) is 21.2 Å². The highest BCUT2D eigenvalue weighted by atomic mass is 32.2. The fourth-order valence-corrected chi connectivity index (χ4v) is 4.95. The molecule has 2 aromatic rings. The van der Waals surface area contributed by atoms with Crippen molar-refractivity contribution in [2.24, 2.45) is 5.92 Å². The quantitative estimate of drug-likeness (QED) is 0.831. The highest BCUT2D eigenvalue weighted by Gasteiger charge is 2.32. The molecule has 0 atom stereocenters. The van der Waals surface area contributed by atoms with Crippen LogP contribution in [0.4, 0.5) is 0 Å². The second-order valence-corrected chi connectivity index (χ2v) is 8.54. The Morgan fingerprint density at radius 3 is 2.63 bits per heavy atom. The molecule has 1 aliphatic heterocycles. The summed E-state index contributed by atoms with van der Waals surface area (Å²) in [6, 6.07) is 5.14. The van der Waals surface area contributed by atoms with E-state index < -0.39 is 10.0 Å². The van der Waals surface area contributed by atoms with Crippen LogP contribution in [-0.4, -0.2) is 48.9 Å². The summed E-state index contributed by atoms with van der Waals surface area (Å²) in [6.07, 6.45) is 1.65. The van der Waals surface area contributed by atoms with Gasteiger partial charge in [-0.05, 0) is 31.4 Å². The Hall–Kier alpha value is -2.26. The molecule has 3 rings (SSSR count). The zero-order valence-corrected chi connectivity index (χ0v) is 16.5. The molecule has 9 heteroatoms. The van der Waals surface area contributed by atoms with E-state index in [4.69, 9.17) is 4.52 Å². The maximum absolute atomic E-state index is 13.2. The first-order chi connectivity index (χ1) is 12.9. The summed E-state index contributed by atoms with van der Waals surface area (Å²) in [7, 11) is -2.06. The van der Waals surface area contributed by atoms with E-state index in [2.05, 4.69) is 15.5 Å². The van der Waals surface area contributed by atoms with E-state index in [-0.39, 0.29) is 16.7 Å². The highest BCUT2D eigenvalue weighted by Crippen LogP contribution is 2.28. The van der Waals surface area contributed by atoms with Gasteiger partial charge >= 0.3 is 0 Å². The predicted octanol–water partition coefficient (Wildman–Crippen LogP) is 1.75. The van der Waals surface area contributed by atoms with E-state index in [9.17, 15) is 13.2 Å². The summed E-state index contributed by atoms with van der Waals surface area (Å²) in [4.78, 5) is 16.3. The largest absolute Gasteiger partial charge is 0.359 e. The number of benzene rings is 1. The predicted molar refractivity (Wildman–Crippen MR) is 99.4 cm³/mol. The minimum atomic E-state index is -3.66. The number of aryl methyl sites for hydroxylation is 2. The maximum atomic E-state index is 13.2. The SMILES string of the molecule is CCc1nc(-c2ccc(C)c(S(=O)(=O)N3CCC(C(=O)NC)CC3)c2)no1. The average molecular weight is 392 g/mol. The molecular weight excluding hydrogens is 368 g/mol. The monoisotopic (exact) mass is 392 g/mol. The van der Waals surface area contributed by atoms with Crippen molar-refractivity contribution in [3.05, 3.63) is 29.7 Å². The average Bonchev–Trinajstić information content (AvgIpc) is 3.17. The summed E-state index contributed by atoms with van der Waals surface area (Å²) in [6.45, 7) is 4.32. The van der Waals surface area contributed by atoms with Gasteiger partial charge in [-0.3, -0.25) is 4.79 Å². The van der Waals surface area contributed by atoms with Crippen LogP contribution in [0, 0.1) is 12.8 Å². The van der Waals surface area contributed by atoms with Crippen molar-refractivity contribution in [1.82, 2.24) is 19.8 Å². The topological polar surface area (TPSA) is 105 Å². The molecule has 1 saturated heterocycles. The summed E-state index contributed by atoms with van der Waals surface area (Å²) in [5.74, 6) is 0.711. The van der Waals surface area contributed by atoms with Crippen molar-refractivity contribution in [3.8, 4) is 11.4 Å². The lowest BCUT2D eigenvalue weighted by molar-refractivity contribution is -0.125. The lowest BCUT2D eigenvalue weighted by Gasteiger charge is -2.30. The molecule has 2 heterocycles. The van der Waals surface area contributed by atoms with Gasteiger partial charge in [-0.1, -0.05) is 24.2 Å². The summed E-state index contributed by atoms with van der Waals surface area (Å²) >= 11 is 0. The van der Waals surface area contributed by atoms with Crippen molar-refractivity contribution in [2.75, 3.05) is 20.1 Å². The molecule has 1 amide bonds. The van der Waals surface area contributed by atoms with E-state index in [0.29, 0.717) is 55.2 Å². The maximum Gasteiger partial charge on any atom is 0.243 e. The lowest BCUT2D eigenvalue weighted by Crippen LogP contribution is -2.42. The second-order valence-electron chi connectivity index (χ2n) is 6.64. The molecule has 0 radical (unpaired) electrons. The van der Waals surface area contributed by atoms with Crippen molar-refractivity contribution >= 4 is 15.9 Å². The number of carbonyl (C=O) groups is 1. The molecule has 1 aliphatic rings. The number of hydrogen-bond acceptors (Lipinski definition) is 6. The fraction of sp³-hybridized carbons (Fsp3) is 0.500. The van der Waals surface area contributed by atoms with Crippen molar-refractivity contribution in [3.63, 3.8) is 0 Å². The zero-order valence-electron chi connectivity index (χ0n) is 15.7. The van der Waals surface area contributed by atoms with Gasteiger partial charge in [0.15, 0.2) is 0 Å². The number of sulfonamides is 1. The minimum Gasteiger partial charge on any atom is -0.359 e. The molecule has 0 saturated carbocycles. The normalized spacial score (nSPS) is 16.4. The zero-order chi connectivity index (χ0) is 19.6. The number of carbonyl (C=O) groups excluding carboxylic acids is 1. The summed E-state index contributed by atoms with van der Waals surface area (Å²) < 4.78 is 32.9. The third-order valence-corrected chi connectivity index (χ3v) is 6.95. The molecule has 0 spiro atoms. The van der Waals surface area contributed by atoms with Gasteiger partial charge in [-0.25, -0.2) is 8.42 Å². The number of piperidine rings is 1. The van der Waals surface area contributed by atoms with Gasteiger partial charge in [0.25, 0.3) is 0 Å². The molecular formula is C18H24N4O4S. The Balaban J connectivity index is 1.86. The lowest BCUT2D eigenvalue weighted by atomic mass is 9.97. The van der Waals surface area contributed by atoms with Crippen LogP contribution in [0.2, 0.25) is 0 Å². The van der Waals surface area contributed by atoms with Gasteiger partial charge in [0.1, 0.15) is 0 Å². The van der Waals surface area contributed by atoms with Crippen LogP contribution in [0.25, 0.3) is 11.4 Å². The van der Waals surface area contributed by atoms with Crippen LogP contribution >= 0.6 is 0 Å². The van der Waals surface area contributed by atoms with Crippen LogP contribution < -0.4 is 5.32 Å². The van der Waals surface area contributed by atoms with Gasteiger partial charge in [-0.2, -0.15) is 9.29 Å². The number of rotatable bonds is 5. The molecule has 1 fully saturated rings. The minimum absolute atomic E-state index is 0.0333. The number of nitrogens with one attached hydrogen (secondary N) is 1. The standard InChI is InChI=1S/C18H24N4O4S/c1-4-16-20-17(21-26-16)14-6-5-12(2)15(11-14)27(24,25)22-9-7-13(8-10-22)18(23)19-3/h5-6,11,13H,4,7-10H2,1-3H3,(H,19,23). The molecule has 1 aromatic heterocycles. The summed E-state index contributed by atoms with van der Waals surface area (Å²) in [5, 5.41) is 6.55. The Morgan fingerprint density at radius 2 is 2.04 bits per heavy atom. The van der Waals surface area contributed by atoms with E-state index in [1.165, 1.54) is 4.31 Å². The Kier molecular flexibility index (Phi) is 5.61. The van der Waals surface area contributed by atoms with E-state index in [1.807, 2.05) is 6.92 Å². The number of aromatic nitrogens is 2. The van der Waals surface area contributed by atoms with Crippen LogP contribution in [0.1, 0.15) is 31.2 Å². The molecule has 1 aromatic carbocycles. The number of hydrogen-bond donors (Lipinski definition) is 1. The molecule has 0 aliphatic carbocycles. The van der Waals surface area contributed by atoms with Gasteiger partial charge in [0, 0.05) is 38.0 Å². The van der Waals surface area contributed by atoms with Crippen molar-refractivity contribution in [1.29, 1.82) is 0 Å². The molecule has 8 nitrogen and oxygen atoms in total. The van der Waals surface area contributed by atoms with Gasteiger partial charge in [0.05, 0.1) is 4.90 Å². The Labute approximate surface area is 159 Å². The molecule has 0 bridgehead atoms. The number of nitrogens with zero attached hydrogens (tertiary/aromatic N) is 3. The van der Waals surface area contributed by atoms with Crippen molar-refractivity contribution in [2.45, 2.75) is 38.0 Å². The van der Waals surface area contributed by atoms with Crippen LogP contribution in [0.3, 0.4) is 0 Å². The molecule has 146 valence electrons. The van der Waals surface area contributed by atoms with Gasteiger partial charge < -0.3 is 9.84 Å². The third kappa shape index (κ3) is 3.89. The van der Waals surface area contributed by atoms with Crippen molar-refractivity contribution < 1.29 is 17.7 Å². The smallest absolute Gasteiger partial charge is 0.243 e. The van der Waals surface area contributed by atoms with E-state index in [0.717, 1.165) is 0 Å². The third-order valence-electron chi connectivity index (χ3n) is 4.91. The second kappa shape index (κ2) is 7.77. The molecule has 1 N–H and O–H groups in total. The first-order valence-electron chi connectivity index (χ1n) is 9.02. The fourth-order valence-electron chi connectivity index (χ4n) is 3.23. The first-order valence-corrected chi connectivity index (χ1v) is 10.5. The van der Waals surface area contributed by atoms with E-state index >= 15 is 0 Å². The van der Waals surface area contributed by atoms with Crippen LogP contribution in [0.5, 0.6) is 0 Å².